The highest BCUT2D eigenvalue weighted by atomic mass is 32.1. The lowest BCUT2D eigenvalue weighted by atomic mass is 10.2. The summed E-state index contributed by atoms with van der Waals surface area (Å²) in [7, 11) is 1.97. The van der Waals surface area contributed by atoms with Crippen molar-refractivity contribution in [2.45, 2.75) is 39.3 Å². The number of H-pyrrole nitrogens is 1. The van der Waals surface area contributed by atoms with Gasteiger partial charge in [0.25, 0.3) is 0 Å². The van der Waals surface area contributed by atoms with Gasteiger partial charge in [0, 0.05) is 26.3 Å². The van der Waals surface area contributed by atoms with Crippen LogP contribution < -0.4 is 0 Å². The van der Waals surface area contributed by atoms with Gasteiger partial charge in [-0.25, -0.2) is 0 Å². The van der Waals surface area contributed by atoms with Gasteiger partial charge in [-0.1, -0.05) is 18.6 Å². The van der Waals surface area contributed by atoms with Crippen LogP contribution >= 0.6 is 12.2 Å². The van der Waals surface area contributed by atoms with Crippen molar-refractivity contribution in [1.82, 2.24) is 34.3 Å². The predicted octanol–water partition coefficient (Wildman–Crippen LogP) is 2.07. The van der Waals surface area contributed by atoms with Crippen molar-refractivity contribution >= 4 is 23.4 Å². The molecule has 0 aliphatic rings. The van der Waals surface area contributed by atoms with Crippen LogP contribution in [0.5, 0.6) is 0 Å². The van der Waals surface area contributed by atoms with E-state index in [1.807, 2.05) is 22.6 Å². The van der Waals surface area contributed by atoms with Gasteiger partial charge >= 0.3 is 0 Å². The Balaban J connectivity index is 1.84. The van der Waals surface area contributed by atoms with Crippen molar-refractivity contribution in [3.05, 3.63) is 22.9 Å². The van der Waals surface area contributed by atoms with E-state index in [9.17, 15) is 0 Å². The fraction of sp³-hybridized carbons (Fsp3) is 0.538. The van der Waals surface area contributed by atoms with Gasteiger partial charge < -0.3 is 9.55 Å². The molecule has 7 nitrogen and oxygen atoms in total. The zero-order valence-corrected chi connectivity index (χ0v) is 13.1. The fourth-order valence-corrected chi connectivity index (χ4v) is 2.92. The minimum absolute atomic E-state index is 0.758. The van der Waals surface area contributed by atoms with E-state index in [4.69, 9.17) is 12.2 Å². The number of aryl methyl sites for hydroxylation is 4. The van der Waals surface area contributed by atoms with E-state index in [1.165, 1.54) is 0 Å². The van der Waals surface area contributed by atoms with Gasteiger partial charge in [0.05, 0.1) is 11.9 Å². The highest BCUT2D eigenvalue weighted by Gasteiger charge is 2.14. The van der Waals surface area contributed by atoms with Crippen LogP contribution in [0.2, 0.25) is 0 Å². The van der Waals surface area contributed by atoms with Gasteiger partial charge in [-0.3, -0.25) is 9.36 Å². The normalized spacial score (nSPS) is 11.5. The SMILES string of the molecule is CCCc1nn(C)c2c1[nH]c(=S)n2CCCn1ccnn1. The first-order valence-corrected chi connectivity index (χ1v) is 7.60. The zero-order valence-electron chi connectivity index (χ0n) is 12.3. The van der Waals surface area contributed by atoms with Crippen LogP contribution in [0.4, 0.5) is 0 Å². The number of aromatic nitrogens is 7. The largest absolute Gasteiger partial charge is 0.328 e. The van der Waals surface area contributed by atoms with Crippen molar-refractivity contribution in [3.63, 3.8) is 0 Å². The molecule has 0 amide bonds. The van der Waals surface area contributed by atoms with Crippen LogP contribution in [0, 0.1) is 4.77 Å². The third kappa shape index (κ3) is 2.63. The summed E-state index contributed by atoms with van der Waals surface area (Å²) in [6, 6.07) is 0. The summed E-state index contributed by atoms with van der Waals surface area (Å²) >= 11 is 5.45. The molecule has 0 saturated heterocycles. The topological polar surface area (TPSA) is 69.2 Å². The third-order valence-electron chi connectivity index (χ3n) is 3.55. The first kappa shape index (κ1) is 14.0. The van der Waals surface area contributed by atoms with Gasteiger partial charge in [-0.15, -0.1) is 5.10 Å². The van der Waals surface area contributed by atoms with E-state index in [0.717, 1.165) is 54.0 Å². The zero-order chi connectivity index (χ0) is 14.8. The first-order valence-electron chi connectivity index (χ1n) is 7.19. The maximum atomic E-state index is 5.45. The maximum absolute atomic E-state index is 5.45. The standard InChI is InChI=1S/C13H19N7S/c1-3-5-10-11-12(18(2)16-10)20(13(21)15-11)8-4-7-19-9-6-14-17-19/h6,9H,3-5,7-8H2,1-2H3,(H,15,21). The maximum Gasteiger partial charge on any atom is 0.179 e. The number of nitrogens with one attached hydrogen (secondary N) is 1. The Morgan fingerprint density at radius 3 is 2.90 bits per heavy atom. The molecule has 0 fully saturated rings. The smallest absolute Gasteiger partial charge is 0.179 e. The molecule has 0 spiro atoms. The molecule has 8 heteroatoms. The molecule has 21 heavy (non-hydrogen) atoms. The van der Waals surface area contributed by atoms with Crippen molar-refractivity contribution in [2.24, 2.45) is 7.05 Å². The second kappa shape index (κ2) is 5.80. The van der Waals surface area contributed by atoms with Crippen LogP contribution in [-0.2, 0) is 26.6 Å². The molecule has 0 bridgehead atoms. The highest BCUT2D eigenvalue weighted by molar-refractivity contribution is 7.71. The summed E-state index contributed by atoms with van der Waals surface area (Å²) in [6.07, 6.45) is 6.54. The average Bonchev–Trinajstić information content (AvgIpc) is 3.13. The second-order valence-electron chi connectivity index (χ2n) is 5.12. The summed E-state index contributed by atoms with van der Waals surface area (Å²) in [5.41, 5.74) is 3.24. The Kier molecular flexibility index (Phi) is 3.87. The lowest BCUT2D eigenvalue weighted by Gasteiger charge is -2.04. The molecule has 3 heterocycles. The average molecular weight is 305 g/mol. The van der Waals surface area contributed by atoms with Crippen LogP contribution in [0.25, 0.3) is 11.2 Å². The van der Waals surface area contributed by atoms with Gasteiger partial charge in [-0.2, -0.15) is 5.10 Å². The predicted molar refractivity (Wildman–Crippen MR) is 82.5 cm³/mol. The van der Waals surface area contributed by atoms with Gasteiger partial charge in [-0.05, 0) is 25.1 Å². The number of hydrogen-bond donors (Lipinski definition) is 1. The lowest BCUT2D eigenvalue weighted by Crippen LogP contribution is -2.07. The van der Waals surface area contributed by atoms with Crippen LogP contribution in [-0.4, -0.2) is 34.3 Å². The van der Waals surface area contributed by atoms with Crippen LogP contribution in [0.3, 0.4) is 0 Å². The molecule has 0 aliphatic carbocycles. The van der Waals surface area contributed by atoms with E-state index >= 15 is 0 Å². The Bertz CT molecular complexity index is 778. The monoisotopic (exact) mass is 305 g/mol. The van der Waals surface area contributed by atoms with Crippen LogP contribution in [0.15, 0.2) is 12.4 Å². The minimum Gasteiger partial charge on any atom is -0.328 e. The summed E-state index contributed by atoms with van der Waals surface area (Å²) in [5, 5.41) is 12.4. The quantitative estimate of drug-likeness (QED) is 0.708. The number of aromatic amines is 1. The molecule has 112 valence electrons. The summed E-state index contributed by atoms with van der Waals surface area (Å²) in [5.74, 6) is 0. The van der Waals surface area contributed by atoms with E-state index in [2.05, 4.69) is 31.9 Å². The van der Waals surface area contributed by atoms with Crippen LogP contribution in [0.1, 0.15) is 25.5 Å². The molecule has 1 N–H and O–H groups in total. The van der Waals surface area contributed by atoms with E-state index in [-0.39, 0.29) is 0 Å². The Labute approximate surface area is 127 Å². The summed E-state index contributed by atoms with van der Waals surface area (Å²) in [4.78, 5) is 3.30. The number of imidazole rings is 1. The molecule has 0 saturated carbocycles. The number of nitrogens with zero attached hydrogens (tertiary/aromatic N) is 6. The molecule has 0 atom stereocenters. The number of rotatable bonds is 6. The van der Waals surface area contributed by atoms with Crippen molar-refractivity contribution in [2.75, 3.05) is 0 Å². The summed E-state index contributed by atoms with van der Waals surface area (Å²) < 4.78 is 6.63. The molecular weight excluding hydrogens is 286 g/mol. The molecule has 3 aromatic rings. The Morgan fingerprint density at radius 2 is 2.19 bits per heavy atom. The molecule has 0 aromatic carbocycles. The summed E-state index contributed by atoms with van der Waals surface area (Å²) in [6.45, 7) is 3.82. The molecule has 3 aromatic heterocycles. The third-order valence-corrected chi connectivity index (χ3v) is 3.87. The lowest BCUT2D eigenvalue weighted by molar-refractivity contribution is 0.513. The second-order valence-corrected chi connectivity index (χ2v) is 5.51. The number of fused-ring (bicyclic) bond motifs is 1. The molecule has 0 unspecified atom stereocenters. The van der Waals surface area contributed by atoms with Gasteiger partial charge in [0.15, 0.2) is 10.4 Å². The van der Waals surface area contributed by atoms with E-state index in [0.29, 0.717) is 0 Å². The Hall–Kier alpha value is -1.96. The van der Waals surface area contributed by atoms with Gasteiger partial charge in [0.2, 0.25) is 0 Å². The molecular formula is C13H19N7S. The number of hydrogen-bond acceptors (Lipinski definition) is 4. The Morgan fingerprint density at radius 1 is 1.33 bits per heavy atom. The molecule has 3 rings (SSSR count). The van der Waals surface area contributed by atoms with Crippen molar-refractivity contribution in [3.8, 4) is 0 Å². The highest BCUT2D eigenvalue weighted by Crippen LogP contribution is 2.19. The van der Waals surface area contributed by atoms with E-state index < -0.39 is 0 Å². The van der Waals surface area contributed by atoms with Gasteiger partial charge in [0.1, 0.15) is 5.52 Å². The first-order chi connectivity index (χ1) is 10.2. The van der Waals surface area contributed by atoms with E-state index in [1.54, 1.807) is 6.20 Å². The fourth-order valence-electron chi connectivity index (χ4n) is 2.64. The molecule has 0 radical (unpaired) electrons. The van der Waals surface area contributed by atoms with Crippen molar-refractivity contribution in [1.29, 1.82) is 0 Å². The van der Waals surface area contributed by atoms with Crippen molar-refractivity contribution < 1.29 is 0 Å². The minimum atomic E-state index is 0.758. The molecule has 0 aliphatic heterocycles.